The molecule has 2 fully saturated rings. The highest BCUT2D eigenvalue weighted by molar-refractivity contribution is 5.92. The second-order valence-corrected chi connectivity index (χ2v) is 8.63. The number of fused-ring (bicyclic) bond motifs is 1. The largest absolute Gasteiger partial charge is 0.416 e. The quantitative estimate of drug-likeness (QED) is 0.767. The molecule has 1 amide bonds. The molecule has 152 valence electrons. The van der Waals surface area contributed by atoms with Crippen LogP contribution < -0.4 is 5.32 Å². The number of nitrogens with zero attached hydrogens (tertiary/aromatic N) is 2. The van der Waals surface area contributed by atoms with Gasteiger partial charge in [-0.3, -0.25) is 10.1 Å². The molecule has 2 N–H and O–H groups in total. The minimum absolute atomic E-state index is 0.0234. The van der Waals surface area contributed by atoms with E-state index < -0.39 is 23.2 Å². The van der Waals surface area contributed by atoms with Crippen molar-refractivity contribution in [3.05, 3.63) is 23.3 Å². The Morgan fingerprint density at radius 2 is 1.93 bits per heavy atom. The highest BCUT2D eigenvalue weighted by Crippen LogP contribution is 2.48. The summed E-state index contributed by atoms with van der Waals surface area (Å²) in [5.41, 5.74) is -0.606. The van der Waals surface area contributed by atoms with E-state index in [0.29, 0.717) is 16.6 Å². The Balaban J connectivity index is 1.80. The number of aromatic nitrogens is 2. The summed E-state index contributed by atoms with van der Waals surface area (Å²) in [6.45, 7) is 3.05. The first-order valence-corrected chi connectivity index (χ1v) is 9.68. The smallest absolute Gasteiger partial charge is 0.390 e. The van der Waals surface area contributed by atoms with E-state index in [4.69, 9.17) is 0 Å². The minimum atomic E-state index is -4.43. The second-order valence-electron chi connectivity index (χ2n) is 8.63. The van der Waals surface area contributed by atoms with Crippen LogP contribution in [0.2, 0.25) is 0 Å². The second kappa shape index (κ2) is 6.47. The van der Waals surface area contributed by atoms with Crippen LogP contribution in [0.15, 0.2) is 12.1 Å². The molecule has 1 heterocycles. The number of hydrogen-bond donors (Lipinski definition) is 2. The summed E-state index contributed by atoms with van der Waals surface area (Å²) < 4.78 is 42.7. The van der Waals surface area contributed by atoms with Gasteiger partial charge in [-0.1, -0.05) is 0 Å². The first-order valence-electron chi connectivity index (χ1n) is 9.68. The Kier molecular flexibility index (Phi) is 4.45. The molecule has 5 nitrogen and oxygen atoms in total. The first kappa shape index (κ1) is 19.2. The monoisotopic (exact) mass is 395 g/mol. The molecule has 2 saturated carbocycles. The molecule has 1 aromatic heterocycles. The van der Waals surface area contributed by atoms with Gasteiger partial charge in [0.1, 0.15) is 0 Å². The molecule has 2 aliphatic rings. The van der Waals surface area contributed by atoms with Gasteiger partial charge in [0, 0.05) is 6.04 Å². The predicted molar refractivity (Wildman–Crippen MR) is 99.1 cm³/mol. The maximum atomic E-state index is 13.7. The van der Waals surface area contributed by atoms with Crippen molar-refractivity contribution >= 4 is 22.9 Å². The van der Waals surface area contributed by atoms with Gasteiger partial charge < -0.3 is 9.67 Å². The molecule has 1 aromatic carbocycles. The lowest BCUT2D eigenvalue weighted by molar-refractivity contribution is -0.138. The third-order valence-corrected chi connectivity index (χ3v) is 5.47. The fourth-order valence-corrected chi connectivity index (χ4v) is 3.80. The lowest BCUT2D eigenvalue weighted by Crippen LogP contribution is -2.29. The van der Waals surface area contributed by atoms with Gasteiger partial charge in [-0.15, -0.1) is 0 Å². The lowest BCUT2D eigenvalue weighted by atomic mass is 9.92. The van der Waals surface area contributed by atoms with Crippen LogP contribution in [0.5, 0.6) is 0 Å². The number of hydrogen-bond acceptors (Lipinski definition) is 3. The average Bonchev–Trinajstić information content (AvgIpc) is 3.27. The molecule has 2 aromatic rings. The fraction of sp³-hybridized carbons (Fsp3) is 0.600. The number of halogens is 3. The van der Waals surface area contributed by atoms with Crippen molar-refractivity contribution < 1.29 is 23.1 Å². The number of anilines is 1. The van der Waals surface area contributed by atoms with E-state index >= 15 is 0 Å². The molecule has 0 saturated heterocycles. The summed E-state index contributed by atoms with van der Waals surface area (Å²) in [7, 11) is 0. The third-order valence-electron chi connectivity index (χ3n) is 5.47. The highest BCUT2D eigenvalue weighted by Gasteiger charge is 2.39. The van der Waals surface area contributed by atoms with Crippen LogP contribution in [0.1, 0.15) is 75.5 Å². The minimum Gasteiger partial charge on any atom is -0.390 e. The molecule has 0 bridgehead atoms. The lowest BCUT2D eigenvalue weighted by Gasteiger charge is -2.29. The first-order chi connectivity index (χ1) is 13.0. The molecule has 0 atom stereocenters. The molecule has 2 aliphatic carbocycles. The molecule has 0 spiro atoms. The van der Waals surface area contributed by atoms with Gasteiger partial charge in [-0.25, -0.2) is 4.98 Å². The number of amides is 1. The predicted octanol–water partition coefficient (Wildman–Crippen LogP) is 4.76. The number of alkyl halides is 3. The molecular formula is C20H24F3N3O2. The zero-order valence-corrected chi connectivity index (χ0v) is 15.9. The number of rotatable bonds is 5. The van der Waals surface area contributed by atoms with Crippen LogP contribution in [-0.4, -0.2) is 26.2 Å². The van der Waals surface area contributed by atoms with E-state index in [9.17, 15) is 23.1 Å². The third kappa shape index (κ3) is 3.74. The van der Waals surface area contributed by atoms with Gasteiger partial charge in [0.15, 0.2) is 0 Å². The normalized spacial score (nSPS) is 18.4. The molecule has 8 heteroatoms. The van der Waals surface area contributed by atoms with Crippen LogP contribution in [0, 0.1) is 0 Å². The topological polar surface area (TPSA) is 67.2 Å². The molecule has 0 radical (unpaired) electrons. The Labute approximate surface area is 160 Å². The summed E-state index contributed by atoms with van der Waals surface area (Å²) >= 11 is 0. The number of aliphatic hydroxyl groups is 1. The zero-order chi connectivity index (χ0) is 20.3. The molecule has 4 rings (SSSR count). The Morgan fingerprint density at radius 1 is 1.25 bits per heavy atom. The number of carbonyl (C=O) groups is 1. The number of carbonyl (C=O) groups excluding carboxylic acids is 1. The number of nitrogens with one attached hydrogen (secondary N) is 1. The van der Waals surface area contributed by atoms with E-state index in [1.54, 1.807) is 4.57 Å². The van der Waals surface area contributed by atoms with Crippen molar-refractivity contribution in [2.75, 3.05) is 5.32 Å². The van der Waals surface area contributed by atoms with Crippen LogP contribution in [0.4, 0.5) is 19.1 Å². The van der Waals surface area contributed by atoms with E-state index in [-0.39, 0.29) is 24.3 Å². The molecule has 0 unspecified atom stereocenters. The summed E-state index contributed by atoms with van der Waals surface area (Å²) in [6, 6.07) is 2.76. The molecular weight excluding hydrogens is 371 g/mol. The Bertz CT molecular complexity index is 919. The van der Waals surface area contributed by atoms with Gasteiger partial charge in [0.2, 0.25) is 11.9 Å². The van der Waals surface area contributed by atoms with Crippen molar-refractivity contribution in [2.45, 2.75) is 76.1 Å². The standard InChI is InChI=1S/C20H24F3N3O2/c1-19(2,28)10-17(27)25-18-24-15-8-13(11-6-7-11)14(20(21,22)23)9-16(15)26(18)12-4-3-5-12/h8-9,11-12,28H,3-7,10H2,1-2H3,(H,24,25,27). The maximum Gasteiger partial charge on any atom is 0.416 e. The van der Waals surface area contributed by atoms with Gasteiger partial charge in [-0.05, 0) is 69.6 Å². The van der Waals surface area contributed by atoms with E-state index in [2.05, 4.69) is 10.3 Å². The summed E-state index contributed by atoms with van der Waals surface area (Å²) in [4.78, 5) is 16.8. The van der Waals surface area contributed by atoms with E-state index in [0.717, 1.165) is 32.1 Å². The van der Waals surface area contributed by atoms with E-state index in [1.807, 2.05) is 0 Å². The zero-order valence-electron chi connectivity index (χ0n) is 15.9. The van der Waals surface area contributed by atoms with Gasteiger partial charge >= 0.3 is 6.18 Å². The SMILES string of the molecule is CC(C)(O)CC(=O)Nc1nc2cc(C3CC3)c(C(F)(F)F)cc2n1C1CCC1. The number of imidazole rings is 1. The maximum absolute atomic E-state index is 13.7. The average molecular weight is 395 g/mol. The van der Waals surface area contributed by atoms with Crippen LogP contribution in [0.25, 0.3) is 11.0 Å². The van der Waals surface area contributed by atoms with Gasteiger partial charge in [0.05, 0.1) is 28.6 Å². The highest BCUT2D eigenvalue weighted by atomic mass is 19.4. The van der Waals surface area contributed by atoms with Crippen molar-refractivity contribution in [3.8, 4) is 0 Å². The molecule has 28 heavy (non-hydrogen) atoms. The number of benzene rings is 1. The van der Waals surface area contributed by atoms with Gasteiger partial charge in [-0.2, -0.15) is 13.2 Å². The van der Waals surface area contributed by atoms with E-state index in [1.165, 1.54) is 26.0 Å². The van der Waals surface area contributed by atoms with Crippen molar-refractivity contribution in [1.82, 2.24) is 9.55 Å². The van der Waals surface area contributed by atoms with Crippen molar-refractivity contribution in [2.24, 2.45) is 0 Å². The Morgan fingerprint density at radius 3 is 2.43 bits per heavy atom. The fourth-order valence-electron chi connectivity index (χ4n) is 3.80. The van der Waals surface area contributed by atoms with Crippen LogP contribution >= 0.6 is 0 Å². The van der Waals surface area contributed by atoms with Gasteiger partial charge in [0.25, 0.3) is 0 Å². The van der Waals surface area contributed by atoms with Crippen molar-refractivity contribution in [3.63, 3.8) is 0 Å². The van der Waals surface area contributed by atoms with Crippen LogP contribution in [-0.2, 0) is 11.0 Å². The Hall–Kier alpha value is -2.09. The summed E-state index contributed by atoms with van der Waals surface area (Å²) in [6.07, 6.45) is -0.363. The summed E-state index contributed by atoms with van der Waals surface area (Å²) in [5.74, 6) is -0.222. The van der Waals surface area contributed by atoms with Crippen molar-refractivity contribution in [1.29, 1.82) is 0 Å². The van der Waals surface area contributed by atoms with Crippen LogP contribution in [0.3, 0.4) is 0 Å². The molecule has 0 aliphatic heterocycles. The summed E-state index contributed by atoms with van der Waals surface area (Å²) in [5, 5.41) is 12.6.